The number of carbonyl (C=O) groups is 2. The van der Waals surface area contributed by atoms with Crippen LogP contribution in [0.4, 0.5) is 15.9 Å². The molecule has 0 saturated heterocycles. The molecule has 118 valence electrons. The molecule has 0 aliphatic carbocycles. The van der Waals surface area contributed by atoms with Gasteiger partial charge in [0.25, 0.3) is 17.4 Å². The lowest BCUT2D eigenvalue weighted by atomic mass is 10.1. The van der Waals surface area contributed by atoms with E-state index in [0.717, 1.165) is 16.7 Å². The number of nitrogens with one attached hydrogen (secondary N) is 2. The van der Waals surface area contributed by atoms with Crippen LogP contribution in [0, 0.1) is 5.82 Å². The van der Waals surface area contributed by atoms with Crippen LogP contribution >= 0.6 is 0 Å². The first-order valence-corrected chi connectivity index (χ1v) is 6.89. The van der Waals surface area contributed by atoms with Gasteiger partial charge in [-0.1, -0.05) is 0 Å². The molecule has 0 fully saturated rings. The highest BCUT2D eigenvalue weighted by Crippen LogP contribution is 2.27. The Balaban J connectivity index is 2.33. The molecule has 2 heterocycles. The molecule has 2 amide bonds. The Hall–Kier alpha value is -3.16. The average Bonchev–Trinajstić information content (AvgIpc) is 2.76. The third-order valence-corrected chi connectivity index (χ3v) is 3.52. The molecule has 0 atom stereocenters. The monoisotopic (exact) mass is 316 g/mol. The lowest BCUT2D eigenvalue weighted by molar-refractivity contribution is 0.0880. The van der Waals surface area contributed by atoms with Crippen molar-refractivity contribution < 1.29 is 14.0 Å². The Morgan fingerprint density at radius 3 is 2.65 bits per heavy atom. The Labute approximate surface area is 129 Å². The van der Waals surface area contributed by atoms with Gasteiger partial charge in [-0.05, 0) is 19.1 Å². The zero-order valence-electron chi connectivity index (χ0n) is 12.1. The molecule has 0 saturated carbocycles. The van der Waals surface area contributed by atoms with Gasteiger partial charge >= 0.3 is 0 Å². The van der Waals surface area contributed by atoms with Crippen molar-refractivity contribution in [2.45, 2.75) is 6.92 Å². The number of hydrogen-bond acceptors (Lipinski definition) is 5. The fourth-order valence-electron chi connectivity index (χ4n) is 2.56. The van der Waals surface area contributed by atoms with Gasteiger partial charge in [0.2, 0.25) is 0 Å². The SMILES string of the molecule is CCNc1ccc(F)cc1-n1c(N)c2c(cc1=O)C(=O)NC2=O. The van der Waals surface area contributed by atoms with Crippen LogP contribution in [-0.2, 0) is 0 Å². The molecule has 0 radical (unpaired) electrons. The molecule has 23 heavy (non-hydrogen) atoms. The topological polar surface area (TPSA) is 106 Å². The molecular weight excluding hydrogens is 303 g/mol. The van der Waals surface area contributed by atoms with Crippen molar-refractivity contribution in [1.82, 2.24) is 9.88 Å². The maximum Gasteiger partial charge on any atom is 0.262 e. The molecule has 1 aromatic carbocycles. The van der Waals surface area contributed by atoms with Crippen LogP contribution in [0.1, 0.15) is 27.6 Å². The molecule has 2 aromatic rings. The molecule has 1 aliphatic heterocycles. The maximum atomic E-state index is 13.6. The molecule has 1 aromatic heterocycles. The van der Waals surface area contributed by atoms with Gasteiger partial charge < -0.3 is 11.1 Å². The second-order valence-corrected chi connectivity index (χ2v) is 4.97. The number of amides is 2. The Morgan fingerprint density at radius 1 is 1.22 bits per heavy atom. The molecular formula is C15H13FN4O3. The van der Waals surface area contributed by atoms with E-state index in [9.17, 15) is 18.8 Å². The third-order valence-electron chi connectivity index (χ3n) is 3.52. The van der Waals surface area contributed by atoms with E-state index in [0.29, 0.717) is 12.2 Å². The predicted molar refractivity (Wildman–Crippen MR) is 82.4 cm³/mol. The van der Waals surface area contributed by atoms with Gasteiger partial charge in [-0.25, -0.2) is 4.39 Å². The number of nitrogens with zero attached hydrogens (tertiary/aromatic N) is 1. The van der Waals surface area contributed by atoms with Crippen molar-refractivity contribution >= 4 is 23.3 Å². The van der Waals surface area contributed by atoms with Gasteiger partial charge in [0.15, 0.2) is 0 Å². The number of hydrogen-bond donors (Lipinski definition) is 3. The maximum absolute atomic E-state index is 13.6. The minimum absolute atomic E-state index is 0.0739. The lowest BCUT2D eigenvalue weighted by Gasteiger charge is -2.16. The van der Waals surface area contributed by atoms with E-state index in [1.807, 2.05) is 6.92 Å². The van der Waals surface area contributed by atoms with Gasteiger partial charge in [-0.15, -0.1) is 0 Å². The molecule has 4 N–H and O–H groups in total. The number of halogens is 1. The number of fused-ring (bicyclic) bond motifs is 1. The first-order chi connectivity index (χ1) is 10.9. The quantitative estimate of drug-likeness (QED) is 0.729. The number of imide groups is 1. The van der Waals surface area contributed by atoms with Gasteiger partial charge in [0, 0.05) is 18.7 Å². The summed E-state index contributed by atoms with van der Waals surface area (Å²) in [6.45, 7) is 2.38. The number of nitrogens with two attached hydrogens (primary N) is 1. The fraction of sp³-hybridized carbons (Fsp3) is 0.133. The van der Waals surface area contributed by atoms with E-state index >= 15 is 0 Å². The highest BCUT2D eigenvalue weighted by atomic mass is 19.1. The van der Waals surface area contributed by atoms with E-state index in [2.05, 4.69) is 10.6 Å². The van der Waals surface area contributed by atoms with Gasteiger partial charge in [0.05, 0.1) is 22.5 Å². The predicted octanol–water partition coefficient (Wildman–Crippen LogP) is 0.874. The summed E-state index contributed by atoms with van der Waals surface area (Å²) in [6, 6.07) is 4.87. The normalized spacial score (nSPS) is 13.0. The summed E-state index contributed by atoms with van der Waals surface area (Å²) in [6.07, 6.45) is 0. The molecule has 7 nitrogen and oxygen atoms in total. The number of benzene rings is 1. The minimum atomic E-state index is -0.683. The lowest BCUT2D eigenvalue weighted by Crippen LogP contribution is -2.25. The summed E-state index contributed by atoms with van der Waals surface area (Å²) in [7, 11) is 0. The second-order valence-electron chi connectivity index (χ2n) is 4.97. The van der Waals surface area contributed by atoms with Gasteiger partial charge in [-0.3, -0.25) is 24.3 Å². The van der Waals surface area contributed by atoms with Crippen LogP contribution in [0.3, 0.4) is 0 Å². The number of pyridine rings is 1. The van der Waals surface area contributed by atoms with E-state index in [1.165, 1.54) is 12.1 Å². The van der Waals surface area contributed by atoms with Crippen LogP contribution in [0.2, 0.25) is 0 Å². The standard InChI is InChI=1S/C15H13FN4O3/c1-2-18-9-4-3-7(16)5-10(9)20-11(21)6-8-12(13(20)17)15(23)19-14(8)22/h3-6,18H,2,17H2,1H3,(H,19,22,23). The summed E-state index contributed by atoms with van der Waals surface area (Å²) < 4.78 is 14.6. The van der Waals surface area contributed by atoms with Crippen molar-refractivity contribution in [3.05, 3.63) is 51.6 Å². The summed E-state index contributed by atoms with van der Waals surface area (Å²) in [5.74, 6) is -2.13. The second kappa shape index (κ2) is 5.24. The van der Waals surface area contributed by atoms with Crippen molar-refractivity contribution in [1.29, 1.82) is 0 Å². The average molecular weight is 316 g/mol. The van der Waals surface area contributed by atoms with Gasteiger partial charge in [-0.2, -0.15) is 0 Å². The number of rotatable bonds is 3. The summed E-state index contributed by atoms with van der Waals surface area (Å²) in [5.41, 5.74) is 5.80. The van der Waals surface area contributed by atoms with Crippen LogP contribution in [-0.4, -0.2) is 22.9 Å². The minimum Gasteiger partial charge on any atom is -0.384 e. The van der Waals surface area contributed by atoms with Crippen molar-refractivity contribution in [2.75, 3.05) is 17.6 Å². The molecule has 0 bridgehead atoms. The first kappa shape index (κ1) is 14.8. The molecule has 8 heteroatoms. The molecule has 0 spiro atoms. The van der Waals surface area contributed by atoms with E-state index in [4.69, 9.17) is 5.73 Å². The first-order valence-electron chi connectivity index (χ1n) is 6.89. The summed E-state index contributed by atoms with van der Waals surface area (Å²) >= 11 is 0. The number of nitrogen functional groups attached to an aromatic ring is 1. The highest BCUT2D eigenvalue weighted by Gasteiger charge is 2.32. The zero-order chi connectivity index (χ0) is 16.7. The van der Waals surface area contributed by atoms with Crippen LogP contribution < -0.4 is 21.9 Å². The highest BCUT2D eigenvalue weighted by molar-refractivity contribution is 6.23. The van der Waals surface area contributed by atoms with E-state index in [1.54, 1.807) is 0 Å². The van der Waals surface area contributed by atoms with E-state index in [-0.39, 0.29) is 22.6 Å². The summed E-state index contributed by atoms with van der Waals surface area (Å²) in [4.78, 5) is 35.9. The number of anilines is 2. The Morgan fingerprint density at radius 2 is 1.96 bits per heavy atom. The molecule has 3 rings (SSSR count). The van der Waals surface area contributed by atoms with Crippen molar-refractivity contribution in [3.63, 3.8) is 0 Å². The summed E-state index contributed by atoms with van der Waals surface area (Å²) in [5, 5.41) is 5.07. The van der Waals surface area contributed by atoms with Crippen LogP contribution in [0.15, 0.2) is 29.1 Å². The van der Waals surface area contributed by atoms with Crippen molar-refractivity contribution in [2.24, 2.45) is 0 Å². The Kier molecular flexibility index (Phi) is 3.36. The molecule has 1 aliphatic rings. The number of carbonyl (C=O) groups excluding carboxylic acids is 2. The molecule has 0 unspecified atom stereocenters. The van der Waals surface area contributed by atoms with Crippen LogP contribution in [0.25, 0.3) is 5.69 Å². The van der Waals surface area contributed by atoms with E-state index < -0.39 is 23.2 Å². The fourth-order valence-corrected chi connectivity index (χ4v) is 2.56. The third kappa shape index (κ3) is 2.24. The smallest absolute Gasteiger partial charge is 0.262 e. The number of aromatic nitrogens is 1. The zero-order valence-corrected chi connectivity index (χ0v) is 12.1. The van der Waals surface area contributed by atoms with Crippen molar-refractivity contribution in [3.8, 4) is 5.69 Å². The van der Waals surface area contributed by atoms with Crippen LogP contribution in [0.5, 0.6) is 0 Å². The largest absolute Gasteiger partial charge is 0.384 e. The Bertz CT molecular complexity index is 904. The van der Waals surface area contributed by atoms with Gasteiger partial charge in [0.1, 0.15) is 11.6 Å².